The molecule has 15 rings (SSSR count). The van der Waals surface area contributed by atoms with Gasteiger partial charge in [0.05, 0.1) is 0 Å². The second-order valence-corrected chi connectivity index (χ2v) is 17.7. The third kappa shape index (κ3) is 4.55. The molecule has 1 nitrogen and oxygen atoms in total. The van der Waals surface area contributed by atoms with Crippen LogP contribution in [-0.4, -0.2) is 4.98 Å². The molecule has 0 aliphatic heterocycles. The van der Waals surface area contributed by atoms with Gasteiger partial charge in [0, 0.05) is 12.4 Å². The predicted octanol–water partition coefficient (Wildman–Crippen LogP) is 17.6. The molecular formula is C63H35N. The molecule has 0 radical (unpaired) electrons. The van der Waals surface area contributed by atoms with Gasteiger partial charge in [0.2, 0.25) is 0 Å². The van der Waals surface area contributed by atoms with Crippen LogP contribution in [0.3, 0.4) is 0 Å². The molecule has 15 aromatic rings. The summed E-state index contributed by atoms with van der Waals surface area (Å²) in [4.78, 5) is 4.30. The second kappa shape index (κ2) is 12.6. The molecule has 0 aliphatic rings. The Labute approximate surface area is 368 Å². The number of rotatable bonds is 4. The first-order chi connectivity index (χ1) is 31.7. The van der Waals surface area contributed by atoms with Crippen LogP contribution in [-0.2, 0) is 0 Å². The zero-order valence-electron chi connectivity index (χ0n) is 34.7. The van der Waals surface area contributed by atoms with E-state index < -0.39 is 0 Å². The van der Waals surface area contributed by atoms with Gasteiger partial charge in [-0.25, -0.2) is 0 Å². The van der Waals surface area contributed by atoms with E-state index in [0.29, 0.717) is 0 Å². The summed E-state index contributed by atoms with van der Waals surface area (Å²) in [5.74, 6) is 0. The van der Waals surface area contributed by atoms with Gasteiger partial charge in [-0.15, -0.1) is 0 Å². The number of aromatic nitrogens is 1. The Balaban J connectivity index is 0.949. The molecule has 0 unspecified atom stereocenters. The van der Waals surface area contributed by atoms with Gasteiger partial charge in [-0.3, -0.25) is 4.98 Å². The lowest BCUT2D eigenvalue weighted by Crippen LogP contribution is -1.92. The summed E-state index contributed by atoms with van der Waals surface area (Å²) in [6.07, 6.45) is 3.77. The van der Waals surface area contributed by atoms with Crippen molar-refractivity contribution in [2.75, 3.05) is 0 Å². The van der Waals surface area contributed by atoms with E-state index in [9.17, 15) is 0 Å². The summed E-state index contributed by atoms with van der Waals surface area (Å²) in [6, 6.07) is 75.6. The number of hydrogen-bond donors (Lipinski definition) is 0. The third-order valence-corrected chi connectivity index (χ3v) is 14.6. The van der Waals surface area contributed by atoms with Gasteiger partial charge in [-0.05, 0) is 164 Å². The monoisotopic (exact) mass is 805 g/mol. The van der Waals surface area contributed by atoms with Crippen molar-refractivity contribution >= 4 is 108 Å². The van der Waals surface area contributed by atoms with Gasteiger partial charge in [0.15, 0.2) is 0 Å². The molecule has 64 heavy (non-hydrogen) atoms. The Hall–Kier alpha value is -8.39. The molecule has 0 amide bonds. The standard InChI is InChI=1S/C63H35N/c1-2-6-44-36(4-1)5-3-7-46(44)47-21-9-40-17-29-55-50(24-11-41-16-27-53(47)60(40)61(41)55)51-25-13-43-18-30-56-49(23-12-42-19-31-57(51)63(43)62(42)56)48-22-10-39-14-26-52-45(37-32-34-64-35-33-37)20-8-38-15-28-54(48)59(39)58(38)52/h1-35H. The van der Waals surface area contributed by atoms with E-state index in [-0.39, 0.29) is 0 Å². The third-order valence-electron chi connectivity index (χ3n) is 14.6. The molecular weight excluding hydrogens is 771 g/mol. The van der Waals surface area contributed by atoms with Crippen molar-refractivity contribution in [3.8, 4) is 44.5 Å². The first-order valence-corrected chi connectivity index (χ1v) is 22.3. The summed E-state index contributed by atoms with van der Waals surface area (Å²) in [7, 11) is 0. The molecule has 0 atom stereocenters. The average molecular weight is 806 g/mol. The lowest BCUT2D eigenvalue weighted by molar-refractivity contribution is 1.33. The molecule has 0 saturated heterocycles. The van der Waals surface area contributed by atoms with Gasteiger partial charge in [-0.2, -0.15) is 0 Å². The van der Waals surface area contributed by atoms with Crippen molar-refractivity contribution in [1.29, 1.82) is 0 Å². The maximum atomic E-state index is 4.30. The summed E-state index contributed by atoms with van der Waals surface area (Å²) in [6.45, 7) is 0. The molecule has 0 aliphatic carbocycles. The van der Waals surface area contributed by atoms with Crippen LogP contribution in [0, 0.1) is 0 Å². The van der Waals surface area contributed by atoms with E-state index >= 15 is 0 Å². The van der Waals surface area contributed by atoms with Gasteiger partial charge >= 0.3 is 0 Å². The fraction of sp³-hybridized carbons (Fsp3) is 0. The number of fused-ring (bicyclic) bond motifs is 1. The van der Waals surface area contributed by atoms with Crippen LogP contribution in [0.4, 0.5) is 0 Å². The van der Waals surface area contributed by atoms with Crippen LogP contribution in [0.5, 0.6) is 0 Å². The molecule has 0 spiro atoms. The van der Waals surface area contributed by atoms with E-state index in [2.05, 4.69) is 205 Å². The average Bonchev–Trinajstić information content (AvgIpc) is 3.36. The Morgan fingerprint density at radius 3 is 0.875 bits per heavy atom. The fourth-order valence-corrected chi connectivity index (χ4v) is 11.8. The minimum Gasteiger partial charge on any atom is -0.265 e. The summed E-state index contributed by atoms with van der Waals surface area (Å²) in [5, 5.41) is 25.9. The molecule has 14 aromatic carbocycles. The van der Waals surface area contributed by atoms with E-state index in [1.165, 1.54) is 152 Å². The predicted molar refractivity (Wildman–Crippen MR) is 275 cm³/mol. The van der Waals surface area contributed by atoms with Crippen LogP contribution in [0.25, 0.3) is 152 Å². The van der Waals surface area contributed by atoms with E-state index in [1.54, 1.807) is 0 Å². The highest BCUT2D eigenvalue weighted by molar-refractivity contribution is 6.33. The minimum atomic E-state index is 1.19. The van der Waals surface area contributed by atoms with Crippen LogP contribution in [0.2, 0.25) is 0 Å². The highest BCUT2D eigenvalue weighted by Crippen LogP contribution is 2.49. The van der Waals surface area contributed by atoms with Crippen LogP contribution >= 0.6 is 0 Å². The molecule has 1 heteroatoms. The van der Waals surface area contributed by atoms with Crippen molar-refractivity contribution in [3.05, 3.63) is 213 Å². The van der Waals surface area contributed by atoms with E-state index in [1.807, 2.05) is 12.4 Å². The Kier molecular flexibility index (Phi) is 6.74. The quantitative estimate of drug-likeness (QED) is 0.162. The lowest BCUT2D eigenvalue weighted by atomic mass is 9.83. The molecule has 292 valence electrons. The topological polar surface area (TPSA) is 12.9 Å². The maximum Gasteiger partial charge on any atom is 0.0273 e. The Bertz CT molecular complexity index is 4400. The number of pyridine rings is 1. The van der Waals surface area contributed by atoms with Crippen LogP contribution < -0.4 is 0 Å². The van der Waals surface area contributed by atoms with Crippen LogP contribution in [0.15, 0.2) is 213 Å². The van der Waals surface area contributed by atoms with Gasteiger partial charge in [0.1, 0.15) is 0 Å². The van der Waals surface area contributed by atoms with E-state index in [4.69, 9.17) is 0 Å². The normalized spacial score (nSPS) is 12.4. The Morgan fingerprint density at radius 2 is 0.484 bits per heavy atom. The van der Waals surface area contributed by atoms with Gasteiger partial charge < -0.3 is 0 Å². The van der Waals surface area contributed by atoms with Crippen LogP contribution in [0.1, 0.15) is 0 Å². The molecule has 0 saturated carbocycles. The van der Waals surface area contributed by atoms with Gasteiger partial charge in [-0.1, -0.05) is 188 Å². The van der Waals surface area contributed by atoms with Crippen molar-refractivity contribution < 1.29 is 0 Å². The highest BCUT2D eigenvalue weighted by Gasteiger charge is 2.21. The first-order valence-electron chi connectivity index (χ1n) is 22.3. The first kappa shape index (κ1) is 34.2. The van der Waals surface area contributed by atoms with Crippen molar-refractivity contribution in [1.82, 2.24) is 4.98 Å². The Morgan fingerprint density at radius 1 is 0.188 bits per heavy atom. The minimum absolute atomic E-state index is 1.19. The van der Waals surface area contributed by atoms with E-state index in [0.717, 1.165) is 0 Å². The zero-order chi connectivity index (χ0) is 41.6. The van der Waals surface area contributed by atoms with Crippen molar-refractivity contribution in [2.45, 2.75) is 0 Å². The molecule has 0 fully saturated rings. The summed E-state index contributed by atoms with van der Waals surface area (Å²) in [5.41, 5.74) is 10.1. The fourth-order valence-electron chi connectivity index (χ4n) is 11.8. The van der Waals surface area contributed by atoms with Gasteiger partial charge in [0.25, 0.3) is 0 Å². The number of nitrogens with zero attached hydrogens (tertiary/aromatic N) is 1. The molecule has 1 aromatic heterocycles. The molecule has 0 bridgehead atoms. The van der Waals surface area contributed by atoms with Crippen molar-refractivity contribution in [2.24, 2.45) is 0 Å². The molecule has 0 N–H and O–H groups in total. The number of benzene rings is 14. The molecule has 1 heterocycles. The largest absolute Gasteiger partial charge is 0.265 e. The number of hydrogen-bond acceptors (Lipinski definition) is 1. The summed E-state index contributed by atoms with van der Waals surface area (Å²) < 4.78 is 0. The van der Waals surface area contributed by atoms with Crippen molar-refractivity contribution in [3.63, 3.8) is 0 Å². The maximum absolute atomic E-state index is 4.30. The SMILES string of the molecule is c1ccc2c(-c3ccc4ccc5c(-c6ccc7ccc8c(-c9ccc%10ccc%11c(-c%12ccncc%12)ccc%12ccc9c%10c%12%11)ccc9ccc6c7c98)ccc6ccc3c4c65)cccc2c1. The summed E-state index contributed by atoms with van der Waals surface area (Å²) >= 11 is 0. The highest BCUT2D eigenvalue weighted by atomic mass is 14.6. The lowest BCUT2D eigenvalue weighted by Gasteiger charge is -2.20. The second-order valence-electron chi connectivity index (χ2n) is 17.7. The zero-order valence-corrected chi connectivity index (χ0v) is 34.7. The smallest absolute Gasteiger partial charge is 0.0273 e.